The fourth-order valence-electron chi connectivity index (χ4n) is 3.37. The smallest absolute Gasteiger partial charge is 0.254 e. The number of fused-ring (bicyclic) bond motifs is 3. The van der Waals surface area contributed by atoms with E-state index in [2.05, 4.69) is 25.2 Å². The van der Waals surface area contributed by atoms with E-state index in [-0.39, 0.29) is 5.91 Å². The number of carbonyl (C=O) groups is 1. The molecule has 26 heavy (non-hydrogen) atoms. The van der Waals surface area contributed by atoms with Gasteiger partial charge in [-0.3, -0.25) is 4.79 Å². The Labute approximate surface area is 155 Å². The van der Waals surface area contributed by atoms with Gasteiger partial charge in [-0.25, -0.2) is 9.97 Å². The molecule has 7 nitrogen and oxygen atoms in total. The van der Waals surface area contributed by atoms with Crippen LogP contribution in [-0.2, 0) is 13.0 Å². The summed E-state index contributed by atoms with van der Waals surface area (Å²) in [5.41, 5.74) is 3.57. The van der Waals surface area contributed by atoms with Gasteiger partial charge in [0.05, 0.1) is 29.6 Å². The van der Waals surface area contributed by atoms with E-state index in [9.17, 15) is 4.79 Å². The quantitative estimate of drug-likeness (QED) is 0.688. The molecular formula is C18H18ClN5O2. The highest BCUT2D eigenvalue weighted by Crippen LogP contribution is 2.38. The highest BCUT2D eigenvalue weighted by molar-refractivity contribution is 6.29. The molecule has 0 unspecified atom stereocenters. The Hall–Kier alpha value is -2.80. The SMILES string of the molecule is CNC(=O)c1cnc(Cl)cc1Nc1ccc2nc3n(c2c1OC)CCC3. The molecule has 0 bridgehead atoms. The molecule has 0 saturated carbocycles. The van der Waals surface area contributed by atoms with Crippen LogP contribution in [0.25, 0.3) is 11.0 Å². The summed E-state index contributed by atoms with van der Waals surface area (Å²) >= 11 is 6.03. The lowest BCUT2D eigenvalue weighted by Gasteiger charge is -2.15. The van der Waals surface area contributed by atoms with E-state index >= 15 is 0 Å². The maximum atomic E-state index is 12.1. The summed E-state index contributed by atoms with van der Waals surface area (Å²) in [6, 6.07) is 5.47. The second-order valence-electron chi connectivity index (χ2n) is 6.05. The monoisotopic (exact) mass is 371 g/mol. The van der Waals surface area contributed by atoms with Crippen molar-refractivity contribution in [3.8, 4) is 5.75 Å². The molecule has 1 aliphatic heterocycles. The molecule has 1 amide bonds. The molecule has 2 aromatic heterocycles. The Morgan fingerprint density at radius 2 is 2.19 bits per heavy atom. The van der Waals surface area contributed by atoms with Crippen molar-refractivity contribution in [1.82, 2.24) is 19.9 Å². The Kier molecular flexibility index (Phi) is 4.16. The van der Waals surface area contributed by atoms with Crippen LogP contribution in [0.3, 0.4) is 0 Å². The number of hydrogen-bond acceptors (Lipinski definition) is 5. The van der Waals surface area contributed by atoms with Crippen molar-refractivity contribution in [1.29, 1.82) is 0 Å². The summed E-state index contributed by atoms with van der Waals surface area (Å²) in [5.74, 6) is 1.52. The van der Waals surface area contributed by atoms with Crippen molar-refractivity contribution in [2.24, 2.45) is 0 Å². The minimum absolute atomic E-state index is 0.248. The number of nitrogens with zero attached hydrogens (tertiary/aromatic N) is 3. The fraction of sp³-hybridized carbons (Fsp3) is 0.278. The Bertz CT molecular complexity index is 1010. The van der Waals surface area contributed by atoms with Gasteiger partial charge < -0.3 is 19.9 Å². The van der Waals surface area contributed by atoms with Gasteiger partial charge in [0.15, 0.2) is 5.75 Å². The molecule has 0 atom stereocenters. The van der Waals surface area contributed by atoms with Crippen molar-refractivity contribution in [3.05, 3.63) is 40.9 Å². The number of methoxy groups -OCH3 is 1. The lowest BCUT2D eigenvalue weighted by molar-refractivity contribution is 0.0963. The first-order valence-electron chi connectivity index (χ1n) is 8.33. The van der Waals surface area contributed by atoms with Gasteiger partial charge >= 0.3 is 0 Å². The second-order valence-corrected chi connectivity index (χ2v) is 6.44. The minimum Gasteiger partial charge on any atom is -0.492 e. The van der Waals surface area contributed by atoms with E-state index in [0.717, 1.165) is 41.9 Å². The third kappa shape index (κ3) is 2.64. The van der Waals surface area contributed by atoms with Crippen molar-refractivity contribution in [3.63, 3.8) is 0 Å². The van der Waals surface area contributed by atoms with E-state index in [1.54, 1.807) is 20.2 Å². The number of carbonyl (C=O) groups excluding carboxylic acids is 1. The van der Waals surface area contributed by atoms with Crippen molar-refractivity contribution in [2.45, 2.75) is 19.4 Å². The molecule has 1 aliphatic rings. The number of pyridine rings is 1. The number of aromatic nitrogens is 3. The summed E-state index contributed by atoms with van der Waals surface area (Å²) < 4.78 is 7.89. The van der Waals surface area contributed by atoms with Gasteiger partial charge in [0.1, 0.15) is 16.5 Å². The topological polar surface area (TPSA) is 81.1 Å². The minimum atomic E-state index is -0.248. The zero-order valence-corrected chi connectivity index (χ0v) is 15.2. The molecule has 4 rings (SSSR count). The molecule has 8 heteroatoms. The summed E-state index contributed by atoms with van der Waals surface area (Å²) in [6.45, 7) is 0.927. The third-order valence-corrected chi connectivity index (χ3v) is 4.75. The van der Waals surface area contributed by atoms with Gasteiger partial charge in [-0.1, -0.05) is 11.6 Å². The van der Waals surface area contributed by atoms with Gasteiger partial charge in [0.2, 0.25) is 0 Å². The van der Waals surface area contributed by atoms with E-state index in [0.29, 0.717) is 22.2 Å². The number of amides is 1. The average Bonchev–Trinajstić information content (AvgIpc) is 3.22. The summed E-state index contributed by atoms with van der Waals surface area (Å²) in [4.78, 5) is 20.8. The standard InChI is InChI=1S/C18H18ClN5O2/c1-20-18(25)10-9-21-14(19)8-13(10)22-12-6-5-11-16(17(12)26-2)24-7-3-4-15(24)23-11/h5-6,8-9H,3-4,7H2,1-2H3,(H,20,25)(H,21,22). The predicted molar refractivity (Wildman–Crippen MR) is 101 cm³/mol. The van der Waals surface area contributed by atoms with E-state index in [4.69, 9.17) is 16.3 Å². The van der Waals surface area contributed by atoms with E-state index in [1.807, 2.05) is 12.1 Å². The highest BCUT2D eigenvalue weighted by atomic mass is 35.5. The van der Waals surface area contributed by atoms with Gasteiger partial charge in [0.25, 0.3) is 5.91 Å². The average molecular weight is 372 g/mol. The zero-order valence-electron chi connectivity index (χ0n) is 14.5. The van der Waals surface area contributed by atoms with Crippen molar-refractivity contribution in [2.75, 3.05) is 19.5 Å². The highest BCUT2D eigenvalue weighted by Gasteiger charge is 2.22. The molecule has 3 aromatic rings. The van der Waals surface area contributed by atoms with Crippen LogP contribution in [0.4, 0.5) is 11.4 Å². The first-order valence-corrected chi connectivity index (χ1v) is 8.71. The van der Waals surface area contributed by atoms with Crippen LogP contribution in [0.1, 0.15) is 22.6 Å². The maximum Gasteiger partial charge on any atom is 0.254 e. The number of imidazole rings is 1. The third-order valence-electron chi connectivity index (χ3n) is 4.54. The molecule has 1 aromatic carbocycles. The summed E-state index contributed by atoms with van der Waals surface area (Å²) in [5, 5.41) is 6.17. The number of anilines is 2. The largest absolute Gasteiger partial charge is 0.492 e. The number of benzene rings is 1. The van der Waals surface area contributed by atoms with Crippen molar-refractivity contribution < 1.29 is 9.53 Å². The van der Waals surface area contributed by atoms with E-state index in [1.165, 1.54) is 6.20 Å². The molecule has 0 spiro atoms. The number of nitrogens with one attached hydrogen (secondary N) is 2. The zero-order chi connectivity index (χ0) is 18.3. The van der Waals surface area contributed by atoms with Gasteiger partial charge in [-0.2, -0.15) is 0 Å². The number of hydrogen-bond donors (Lipinski definition) is 2. The Balaban J connectivity index is 1.84. The van der Waals surface area contributed by atoms with Gasteiger partial charge in [0, 0.05) is 26.2 Å². The second kappa shape index (κ2) is 6.49. The van der Waals surface area contributed by atoms with E-state index < -0.39 is 0 Å². The molecule has 0 radical (unpaired) electrons. The lowest BCUT2D eigenvalue weighted by Crippen LogP contribution is -2.19. The molecule has 0 aliphatic carbocycles. The number of ether oxygens (including phenoxy) is 1. The lowest BCUT2D eigenvalue weighted by atomic mass is 10.2. The first kappa shape index (κ1) is 16.7. The summed E-state index contributed by atoms with van der Waals surface area (Å²) in [6.07, 6.45) is 3.51. The van der Waals surface area contributed by atoms with Crippen LogP contribution in [0, 0.1) is 0 Å². The Morgan fingerprint density at radius 1 is 1.35 bits per heavy atom. The van der Waals surface area contributed by atoms with Crippen molar-refractivity contribution >= 4 is 39.9 Å². The molecular weight excluding hydrogens is 354 g/mol. The number of halogens is 1. The fourth-order valence-corrected chi connectivity index (χ4v) is 3.52. The van der Waals surface area contributed by atoms with Crippen LogP contribution in [-0.4, -0.2) is 34.6 Å². The predicted octanol–water partition coefficient (Wildman–Crippen LogP) is 3.14. The maximum absolute atomic E-state index is 12.1. The summed E-state index contributed by atoms with van der Waals surface area (Å²) in [7, 11) is 3.21. The Morgan fingerprint density at radius 3 is 2.96 bits per heavy atom. The molecule has 2 N–H and O–H groups in total. The van der Waals surface area contributed by atoms with Gasteiger partial charge in [-0.05, 0) is 24.6 Å². The molecule has 0 saturated heterocycles. The van der Waals surface area contributed by atoms with Gasteiger partial charge in [-0.15, -0.1) is 0 Å². The van der Waals surface area contributed by atoms with Crippen LogP contribution < -0.4 is 15.4 Å². The number of aryl methyl sites for hydroxylation is 2. The molecule has 0 fully saturated rings. The number of rotatable bonds is 4. The van der Waals surface area contributed by atoms with Crippen LogP contribution in [0.5, 0.6) is 5.75 Å². The normalized spacial score (nSPS) is 12.9. The molecule has 3 heterocycles. The van der Waals surface area contributed by atoms with Crippen LogP contribution in [0.15, 0.2) is 24.4 Å². The van der Waals surface area contributed by atoms with Crippen LogP contribution >= 0.6 is 11.6 Å². The molecule has 134 valence electrons. The van der Waals surface area contributed by atoms with Crippen LogP contribution in [0.2, 0.25) is 5.15 Å². The first-order chi connectivity index (χ1) is 12.6.